The Morgan fingerprint density at radius 1 is 1.36 bits per heavy atom. The van der Waals surface area contributed by atoms with Crippen LogP contribution in [0.1, 0.15) is 42.5 Å². The molecule has 0 atom stereocenters. The molecule has 1 aliphatic heterocycles. The molecule has 2 N–H and O–H groups in total. The topological polar surface area (TPSA) is 101 Å². The third-order valence-electron chi connectivity index (χ3n) is 4.87. The van der Waals surface area contributed by atoms with E-state index < -0.39 is 5.91 Å². The minimum Gasteiger partial charge on any atom is -0.484 e. The van der Waals surface area contributed by atoms with E-state index in [0.29, 0.717) is 24.0 Å². The van der Waals surface area contributed by atoms with E-state index >= 15 is 0 Å². The zero-order valence-corrected chi connectivity index (χ0v) is 15.8. The smallest absolute Gasteiger partial charge is 0.264 e. The standard InChI is InChI=1S/C20H26N4O4/c1-2-11-24-12-9-16(10-13-24)20-21-19(28-23-20)14-27-17-6-3-15(4-7-17)5-8-18(25)22-26/h2-4,6-7,16,26H,1,5,8-14H2,(H,22,25). The highest BCUT2D eigenvalue weighted by Gasteiger charge is 2.24. The Kier molecular flexibility index (Phi) is 7.16. The molecule has 1 aromatic carbocycles. The molecule has 3 rings (SSSR count). The fraction of sp³-hybridized carbons (Fsp3) is 0.450. The molecule has 8 heteroatoms. The highest BCUT2D eigenvalue weighted by atomic mass is 16.5. The Bertz CT molecular complexity index is 767. The van der Waals surface area contributed by atoms with Gasteiger partial charge in [0.2, 0.25) is 5.91 Å². The Morgan fingerprint density at radius 2 is 2.11 bits per heavy atom. The van der Waals surface area contributed by atoms with Crippen molar-refractivity contribution >= 4 is 5.91 Å². The number of carbonyl (C=O) groups is 1. The number of hydroxylamine groups is 1. The third kappa shape index (κ3) is 5.64. The van der Waals surface area contributed by atoms with Crippen LogP contribution in [0.5, 0.6) is 5.75 Å². The summed E-state index contributed by atoms with van der Waals surface area (Å²) in [5, 5.41) is 12.6. The number of nitrogens with one attached hydrogen (secondary N) is 1. The minimum absolute atomic E-state index is 0.217. The van der Waals surface area contributed by atoms with Gasteiger partial charge in [0.1, 0.15) is 5.75 Å². The summed E-state index contributed by atoms with van der Waals surface area (Å²) in [6.45, 7) is 6.96. The van der Waals surface area contributed by atoms with Gasteiger partial charge in [-0.05, 0) is 50.0 Å². The second-order valence-electron chi connectivity index (χ2n) is 6.88. The van der Waals surface area contributed by atoms with Gasteiger partial charge in [-0.2, -0.15) is 4.98 Å². The molecule has 1 amide bonds. The number of carbonyl (C=O) groups excluding carboxylic acids is 1. The SMILES string of the molecule is C=CCN1CCC(c2noc(COc3ccc(CCC(=O)NO)cc3)n2)CC1. The molecule has 8 nitrogen and oxygen atoms in total. The van der Waals surface area contributed by atoms with Crippen molar-refractivity contribution in [3.63, 3.8) is 0 Å². The van der Waals surface area contributed by atoms with Crippen LogP contribution in [0, 0.1) is 0 Å². The van der Waals surface area contributed by atoms with Gasteiger partial charge in [0.25, 0.3) is 5.89 Å². The summed E-state index contributed by atoms with van der Waals surface area (Å²) in [6, 6.07) is 7.43. The Hall–Kier alpha value is -2.71. The largest absolute Gasteiger partial charge is 0.484 e. The summed E-state index contributed by atoms with van der Waals surface area (Å²) >= 11 is 0. The molecule has 0 bridgehead atoms. The molecule has 0 spiro atoms. The molecular weight excluding hydrogens is 360 g/mol. The number of benzene rings is 1. The number of rotatable bonds is 9. The molecule has 0 unspecified atom stereocenters. The first-order chi connectivity index (χ1) is 13.7. The number of nitrogens with zero attached hydrogens (tertiary/aromatic N) is 3. The highest BCUT2D eigenvalue weighted by molar-refractivity contribution is 5.74. The summed E-state index contributed by atoms with van der Waals surface area (Å²) in [6.07, 6.45) is 4.74. The molecule has 0 aliphatic carbocycles. The minimum atomic E-state index is -0.404. The van der Waals surface area contributed by atoms with Gasteiger partial charge in [-0.3, -0.25) is 14.9 Å². The maximum Gasteiger partial charge on any atom is 0.264 e. The zero-order chi connectivity index (χ0) is 19.8. The lowest BCUT2D eigenvalue weighted by atomic mass is 9.96. The van der Waals surface area contributed by atoms with Crippen LogP contribution in [0.15, 0.2) is 41.4 Å². The summed E-state index contributed by atoms with van der Waals surface area (Å²) in [5.74, 6) is 1.84. The molecule has 28 heavy (non-hydrogen) atoms. The van der Waals surface area contributed by atoms with Gasteiger partial charge in [0.15, 0.2) is 12.4 Å². The Morgan fingerprint density at radius 3 is 2.79 bits per heavy atom. The third-order valence-corrected chi connectivity index (χ3v) is 4.87. The van der Waals surface area contributed by atoms with Gasteiger partial charge in [-0.15, -0.1) is 6.58 Å². The highest BCUT2D eigenvalue weighted by Crippen LogP contribution is 2.26. The van der Waals surface area contributed by atoms with Crippen molar-refractivity contribution in [2.45, 2.75) is 38.2 Å². The van der Waals surface area contributed by atoms with E-state index in [-0.39, 0.29) is 13.0 Å². The lowest BCUT2D eigenvalue weighted by molar-refractivity contribution is -0.129. The number of hydrogen-bond donors (Lipinski definition) is 2. The quantitative estimate of drug-likeness (QED) is 0.388. The van der Waals surface area contributed by atoms with Crippen LogP contribution in [-0.4, -0.2) is 45.8 Å². The number of piperidine rings is 1. The number of likely N-dealkylation sites (tertiary alicyclic amines) is 1. The van der Waals surface area contributed by atoms with E-state index in [9.17, 15) is 4.79 Å². The maximum absolute atomic E-state index is 11.1. The van der Waals surface area contributed by atoms with E-state index in [4.69, 9.17) is 14.5 Å². The molecule has 1 aliphatic rings. The van der Waals surface area contributed by atoms with Gasteiger partial charge in [0.05, 0.1) is 0 Å². The second kappa shape index (κ2) is 10.0. The molecule has 2 aromatic rings. The molecular formula is C20H26N4O4. The second-order valence-corrected chi connectivity index (χ2v) is 6.88. The van der Waals surface area contributed by atoms with Gasteiger partial charge in [0, 0.05) is 18.9 Å². The van der Waals surface area contributed by atoms with E-state index in [1.807, 2.05) is 30.3 Å². The van der Waals surface area contributed by atoms with Crippen molar-refractivity contribution in [3.05, 3.63) is 54.2 Å². The van der Waals surface area contributed by atoms with E-state index in [0.717, 1.165) is 43.9 Å². The first-order valence-corrected chi connectivity index (χ1v) is 9.48. The number of aromatic nitrogens is 2. The predicted molar refractivity (Wildman–Crippen MR) is 102 cm³/mol. The molecule has 1 fully saturated rings. The molecule has 2 heterocycles. The average Bonchev–Trinajstić information content (AvgIpc) is 3.21. The van der Waals surface area contributed by atoms with Crippen molar-refractivity contribution in [1.29, 1.82) is 0 Å². The number of amides is 1. The van der Waals surface area contributed by atoms with Gasteiger partial charge < -0.3 is 9.26 Å². The summed E-state index contributed by atoms with van der Waals surface area (Å²) in [7, 11) is 0. The van der Waals surface area contributed by atoms with Crippen LogP contribution in [0.4, 0.5) is 0 Å². The maximum atomic E-state index is 11.1. The van der Waals surface area contributed by atoms with Crippen LogP contribution in [0.25, 0.3) is 0 Å². The molecule has 1 saturated heterocycles. The van der Waals surface area contributed by atoms with Crippen molar-refractivity contribution in [2.24, 2.45) is 0 Å². The van der Waals surface area contributed by atoms with Crippen molar-refractivity contribution < 1.29 is 19.3 Å². The summed E-state index contributed by atoms with van der Waals surface area (Å²) in [4.78, 5) is 17.9. The number of aryl methyl sites for hydroxylation is 1. The van der Waals surface area contributed by atoms with Gasteiger partial charge in [-0.1, -0.05) is 23.4 Å². The lowest BCUT2D eigenvalue weighted by Crippen LogP contribution is -2.33. The van der Waals surface area contributed by atoms with E-state index in [1.54, 1.807) is 5.48 Å². The van der Waals surface area contributed by atoms with Gasteiger partial charge in [-0.25, -0.2) is 5.48 Å². The fourth-order valence-corrected chi connectivity index (χ4v) is 3.26. The summed E-state index contributed by atoms with van der Waals surface area (Å²) < 4.78 is 11.0. The first-order valence-electron chi connectivity index (χ1n) is 9.48. The van der Waals surface area contributed by atoms with Crippen LogP contribution in [0.3, 0.4) is 0 Å². The van der Waals surface area contributed by atoms with Gasteiger partial charge >= 0.3 is 0 Å². The molecule has 0 saturated carbocycles. The number of hydrogen-bond acceptors (Lipinski definition) is 7. The van der Waals surface area contributed by atoms with Crippen LogP contribution < -0.4 is 10.2 Å². The monoisotopic (exact) mass is 386 g/mol. The van der Waals surface area contributed by atoms with Crippen molar-refractivity contribution in [1.82, 2.24) is 20.5 Å². The van der Waals surface area contributed by atoms with E-state index in [1.165, 1.54) is 0 Å². The fourth-order valence-electron chi connectivity index (χ4n) is 3.26. The van der Waals surface area contributed by atoms with Crippen LogP contribution >= 0.6 is 0 Å². The predicted octanol–water partition coefficient (Wildman–Crippen LogP) is 2.45. The average molecular weight is 386 g/mol. The van der Waals surface area contributed by atoms with Crippen LogP contribution in [0.2, 0.25) is 0 Å². The molecule has 0 radical (unpaired) electrons. The first kappa shape index (κ1) is 20.0. The van der Waals surface area contributed by atoms with Crippen LogP contribution in [-0.2, 0) is 17.8 Å². The Balaban J connectivity index is 1.45. The van der Waals surface area contributed by atoms with E-state index in [2.05, 4.69) is 21.6 Å². The molecule has 150 valence electrons. The summed E-state index contributed by atoms with van der Waals surface area (Å²) in [5.41, 5.74) is 2.61. The van der Waals surface area contributed by atoms with Crippen molar-refractivity contribution in [3.8, 4) is 5.75 Å². The van der Waals surface area contributed by atoms with Crippen molar-refractivity contribution in [2.75, 3.05) is 19.6 Å². The number of ether oxygens (including phenoxy) is 1. The normalized spacial score (nSPS) is 15.3. The Labute approximate surface area is 164 Å². The molecule has 1 aromatic heterocycles. The zero-order valence-electron chi connectivity index (χ0n) is 15.8. The lowest BCUT2D eigenvalue weighted by Gasteiger charge is -2.29.